The molecule has 6 heteroatoms. The summed E-state index contributed by atoms with van der Waals surface area (Å²) in [5, 5.41) is 0. The van der Waals surface area contributed by atoms with Crippen molar-refractivity contribution in [1.29, 1.82) is 0 Å². The number of carbonyl (C=O) groups is 3. The average molecular weight is 1020 g/mol. The van der Waals surface area contributed by atoms with Crippen molar-refractivity contribution >= 4 is 17.9 Å². The molecule has 73 heavy (non-hydrogen) atoms. The van der Waals surface area contributed by atoms with Gasteiger partial charge in [0.15, 0.2) is 6.10 Å². The molecule has 0 aliphatic carbocycles. The van der Waals surface area contributed by atoms with Crippen molar-refractivity contribution in [2.75, 3.05) is 13.2 Å². The summed E-state index contributed by atoms with van der Waals surface area (Å²) in [7, 11) is 0. The minimum Gasteiger partial charge on any atom is -0.462 e. The predicted octanol–water partition coefficient (Wildman–Crippen LogP) is 20.9. The first-order valence-electron chi connectivity index (χ1n) is 30.7. The molecular formula is C67H114O6. The lowest BCUT2D eigenvalue weighted by molar-refractivity contribution is -0.167. The maximum atomic E-state index is 12.9. The molecule has 0 saturated heterocycles. The summed E-state index contributed by atoms with van der Waals surface area (Å²) in [6.45, 7) is 6.49. The van der Waals surface area contributed by atoms with Crippen LogP contribution in [0.4, 0.5) is 0 Å². The fourth-order valence-corrected chi connectivity index (χ4v) is 8.46. The highest BCUT2D eigenvalue weighted by atomic mass is 16.6. The Morgan fingerprint density at radius 2 is 0.548 bits per heavy atom. The quantitative estimate of drug-likeness (QED) is 0.0261. The van der Waals surface area contributed by atoms with E-state index in [1.54, 1.807) is 0 Å². The highest BCUT2D eigenvalue weighted by Gasteiger charge is 2.19. The monoisotopic (exact) mass is 1010 g/mol. The summed E-state index contributed by atoms with van der Waals surface area (Å²) in [6, 6.07) is 0. The number of hydrogen-bond acceptors (Lipinski definition) is 6. The number of carbonyl (C=O) groups excluding carboxylic acids is 3. The van der Waals surface area contributed by atoms with E-state index in [9.17, 15) is 14.4 Å². The van der Waals surface area contributed by atoms with Gasteiger partial charge in [-0.3, -0.25) is 14.4 Å². The number of unbranched alkanes of at least 4 members (excludes halogenated alkanes) is 28. The van der Waals surface area contributed by atoms with Crippen LogP contribution in [0.5, 0.6) is 0 Å². The van der Waals surface area contributed by atoms with Crippen molar-refractivity contribution in [3.8, 4) is 0 Å². The number of esters is 3. The SMILES string of the molecule is CC/C=C\C/C=C\C/C=C\C/C=C\C/C=C\C/C=C\C/C=C\CCCCCCCC(=O)OCC(COC(=O)CCCCCCC/C=C\CCCC)OC(=O)CCCCCCCCCCCCCCCCCCC. The van der Waals surface area contributed by atoms with Gasteiger partial charge in [-0.1, -0.05) is 272 Å². The molecule has 1 atom stereocenters. The molecule has 0 heterocycles. The molecule has 0 aliphatic heterocycles. The molecule has 0 fully saturated rings. The molecule has 0 rings (SSSR count). The van der Waals surface area contributed by atoms with Crippen LogP contribution in [0.1, 0.15) is 290 Å². The molecule has 0 radical (unpaired) electrons. The van der Waals surface area contributed by atoms with Gasteiger partial charge in [-0.2, -0.15) is 0 Å². The summed E-state index contributed by atoms with van der Waals surface area (Å²) in [5.74, 6) is -0.907. The Hall–Kier alpha value is -3.67. The van der Waals surface area contributed by atoms with E-state index >= 15 is 0 Å². The normalized spacial score (nSPS) is 12.8. The zero-order chi connectivity index (χ0) is 52.9. The minimum atomic E-state index is -0.788. The summed E-state index contributed by atoms with van der Waals surface area (Å²) < 4.78 is 16.9. The standard InChI is InChI=1S/C67H114O6/c1-4-7-10-13-16-19-22-24-26-28-29-30-31-32-33-34-35-36-37-39-40-42-45-48-51-54-57-60-66(69)72-63-64(62-71-65(68)59-56-53-50-47-44-21-18-15-12-9-6-3)73-67(70)61-58-55-52-49-46-43-41-38-27-25-23-20-17-14-11-8-5-2/h7,10,15-16,18-19,24,26,29-30,32-33,35-36,39-40,64H,4-6,8-9,11-14,17,20-23,25,27-28,31,34,37-38,41-63H2,1-3H3/b10-7-,18-15-,19-16-,26-24-,30-29-,33-32-,36-35-,40-39-. The van der Waals surface area contributed by atoms with Gasteiger partial charge in [-0.05, 0) is 96.3 Å². The van der Waals surface area contributed by atoms with Gasteiger partial charge in [0.2, 0.25) is 0 Å². The van der Waals surface area contributed by atoms with Gasteiger partial charge >= 0.3 is 17.9 Å². The summed E-state index contributed by atoms with van der Waals surface area (Å²) >= 11 is 0. The Bertz CT molecular complexity index is 1440. The smallest absolute Gasteiger partial charge is 0.306 e. The molecule has 6 nitrogen and oxygen atoms in total. The molecule has 0 aromatic heterocycles. The maximum absolute atomic E-state index is 12.9. The van der Waals surface area contributed by atoms with Crippen molar-refractivity contribution in [1.82, 2.24) is 0 Å². The molecule has 0 aromatic carbocycles. The maximum Gasteiger partial charge on any atom is 0.306 e. The second-order valence-electron chi connectivity index (χ2n) is 20.2. The van der Waals surface area contributed by atoms with E-state index in [1.807, 2.05) is 0 Å². The van der Waals surface area contributed by atoms with E-state index < -0.39 is 6.10 Å². The van der Waals surface area contributed by atoms with E-state index in [2.05, 4.69) is 118 Å². The summed E-state index contributed by atoms with van der Waals surface area (Å²) in [5.41, 5.74) is 0. The largest absolute Gasteiger partial charge is 0.462 e. The molecule has 418 valence electrons. The Morgan fingerprint density at radius 3 is 0.890 bits per heavy atom. The Morgan fingerprint density at radius 1 is 0.288 bits per heavy atom. The lowest BCUT2D eigenvalue weighted by atomic mass is 10.0. The van der Waals surface area contributed by atoms with Crippen molar-refractivity contribution < 1.29 is 28.6 Å². The third-order valence-corrected chi connectivity index (χ3v) is 13.1. The van der Waals surface area contributed by atoms with Crippen molar-refractivity contribution in [3.05, 3.63) is 97.2 Å². The first-order valence-corrected chi connectivity index (χ1v) is 30.7. The lowest BCUT2D eigenvalue weighted by Gasteiger charge is -2.18. The molecule has 0 aromatic rings. The van der Waals surface area contributed by atoms with E-state index in [0.717, 1.165) is 128 Å². The third kappa shape index (κ3) is 59.1. The minimum absolute atomic E-state index is 0.0862. The molecule has 0 amide bonds. The number of rotatable bonds is 55. The van der Waals surface area contributed by atoms with Gasteiger partial charge < -0.3 is 14.2 Å². The fraction of sp³-hybridized carbons (Fsp3) is 0.716. The Balaban J connectivity index is 4.33. The number of ether oxygens (including phenoxy) is 3. The highest BCUT2D eigenvalue weighted by molar-refractivity contribution is 5.71. The van der Waals surface area contributed by atoms with Crippen LogP contribution in [0.3, 0.4) is 0 Å². The molecule has 0 saturated carbocycles. The Kier molecular flexibility index (Phi) is 57.8. The number of hydrogen-bond donors (Lipinski definition) is 0. The van der Waals surface area contributed by atoms with Crippen molar-refractivity contribution in [2.45, 2.75) is 297 Å². The van der Waals surface area contributed by atoms with Gasteiger partial charge in [0, 0.05) is 19.3 Å². The van der Waals surface area contributed by atoms with E-state index in [4.69, 9.17) is 14.2 Å². The topological polar surface area (TPSA) is 78.9 Å². The molecular weight excluding hydrogens is 901 g/mol. The van der Waals surface area contributed by atoms with Crippen LogP contribution in [0, 0.1) is 0 Å². The first-order chi connectivity index (χ1) is 36.0. The average Bonchev–Trinajstić information content (AvgIpc) is 3.39. The number of allylic oxidation sites excluding steroid dienone is 16. The van der Waals surface area contributed by atoms with Crippen LogP contribution in [-0.4, -0.2) is 37.2 Å². The van der Waals surface area contributed by atoms with Crippen molar-refractivity contribution in [3.63, 3.8) is 0 Å². The van der Waals surface area contributed by atoms with Crippen LogP contribution < -0.4 is 0 Å². The second-order valence-corrected chi connectivity index (χ2v) is 20.2. The highest BCUT2D eigenvalue weighted by Crippen LogP contribution is 2.16. The van der Waals surface area contributed by atoms with Gasteiger partial charge in [-0.15, -0.1) is 0 Å². The van der Waals surface area contributed by atoms with E-state index in [1.165, 1.54) is 122 Å². The van der Waals surface area contributed by atoms with Gasteiger partial charge in [0.1, 0.15) is 13.2 Å². The van der Waals surface area contributed by atoms with E-state index in [-0.39, 0.29) is 31.1 Å². The fourth-order valence-electron chi connectivity index (χ4n) is 8.46. The van der Waals surface area contributed by atoms with Gasteiger partial charge in [0.05, 0.1) is 0 Å². The zero-order valence-corrected chi connectivity index (χ0v) is 47.9. The van der Waals surface area contributed by atoms with Crippen LogP contribution in [0.15, 0.2) is 97.2 Å². The van der Waals surface area contributed by atoms with Gasteiger partial charge in [0.25, 0.3) is 0 Å². The lowest BCUT2D eigenvalue weighted by Crippen LogP contribution is -2.30. The third-order valence-electron chi connectivity index (χ3n) is 13.1. The second kappa shape index (κ2) is 60.9. The predicted molar refractivity (Wildman–Crippen MR) is 316 cm³/mol. The molecule has 1 unspecified atom stereocenters. The van der Waals surface area contributed by atoms with Gasteiger partial charge in [-0.25, -0.2) is 0 Å². The molecule has 0 aliphatic rings. The van der Waals surface area contributed by atoms with Crippen molar-refractivity contribution in [2.24, 2.45) is 0 Å². The first kappa shape index (κ1) is 69.3. The zero-order valence-electron chi connectivity index (χ0n) is 47.9. The van der Waals surface area contributed by atoms with Crippen LogP contribution in [0.25, 0.3) is 0 Å². The molecule has 0 spiro atoms. The van der Waals surface area contributed by atoms with Crippen LogP contribution >= 0.6 is 0 Å². The summed E-state index contributed by atoms with van der Waals surface area (Å²) in [6.07, 6.45) is 81.2. The van der Waals surface area contributed by atoms with Crippen LogP contribution in [-0.2, 0) is 28.6 Å². The molecule has 0 N–H and O–H groups in total. The summed E-state index contributed by atoms with van der Waals surface area (Å²) in [4.78, 5) is 38.2. The molecule has 0 bridgehead atoms. The Labute approximate surface area is 451 Å². The van der Waals surface area contributed by atoms with E-state index in [0.29, 0.717) is 19.3 Å². The van der Waals surface area contributed by atoms with Crippen LogP contribution in [0.2, 0.25) is 0 Å².